The number of allylic oxidation sites excluding steroid dienone is 1. The number of likely N-dealkylation sites (tertiary alicyclic amines) is 2. The lowest BCUT2D eigenvalue weighted by Crippen LogP contribution is -2.53. The molecule has 1 N–H and O–H groups in total. The second kappa shape index (κ2) is 5.63. The van der Waals surface area contributed by atoms with Gasteiger partial charge in [-0.15, -0.1) is 6.58 Å². The molecule has 19 heavy (non-hydrogen) atoms. The number of nitrogens with zero attached hydrogens (tertiary/aromatic N) is 2. The number of amides is 2. The predicted octanol–water partition coefficient (Wildman–Crippen LogP) is 1.95. The number of aliphatic carboxylic acids is 1. The van der Waals surface area contributed by atoms with Crippen molar-refractivity contribution in [2.24, 2.45) is 5.41 Å². The van der Waals surface area contributed by atoms with Gasteiger partial charge in [0.1, 0.15) is 0 Å². The molecule has 2 aliphatic heterocycles. The van der Waals surface area contributed by atoms with Crippen molar-refractivity contribution in [3.8, 4) is 0 Å². The Morgan fingerprint density at radius 1 is 1.16 bits per heavy atom. The molecule has 5 nitrogen and oxygen atoms in total. The highest BCUT2D eigenvalue weighted by atomic mass is 16.4. The monoisotopic (exact) mass is 266 g/mol. The Bertz CT molecular complexity index is 377. The van der Waals surface area contributed by atoms with E-state index < -0.39 is 11.4 Å². The van der Waals surface area contributed by atoms with Crippen LogP contribution in [0.4, 0.5) is 4.79 Å². The molecule has 0 bridgehead atoms. The van der Waals surface area contributed by atoms with Crippen LogP contribution in [0.25, 0.3) is 0 Å². The van der Waals surface area contributed by atoms with Crippen molar-refractivity contribution in [1.29, 1.82) is 0 Å². The summed E-state index contributed by atoms with van der Waals surface area (Å²) in [5, 5.41) is 9.49. The maximum Gasteiger partial charge on any atom is 0.320 e. The maximum absolute atomic E-state index is 12.3. The second-order valence-electron chi connectivity index (χ2n) is 5.58. The van der Waals surface area contributed by atoms with Crippen LogP contribution in [-0.2, 0) is 4.79 Å². The minimum atomic E-state index is -0.838. The van der Waals surface area contributed by atoms with E-state index in [0.717, 1.165) is 32.4 Å². The number of piperidine rings is 1. The summed E-state index contributed by atoms with van der Waals surface area (Å²) in [6, 6.07) is 0.00638. The molecule has 0 aromatic rings. The Morgan fingerprint density at radius 2 is 1.79 bits per heavy atom. The fraction of sp³-hybridized carbons (Fsp3) is 0.714. The van der Waals surface area contributed by atoms with Gasteiger partial charge in [0.05, 0.1) is 5.41 Å². The highest BCUT2D eigenvalue weighted by Crippen LogP contribution is 2.34. The first-order valence-electron chi connectivity index (χ1n) is 6.97. The molecule has 2 heterocycles. The molecule has 2 rings (SSSR count). The molecule has 2 amide bonds. The first kappa shape index (κ1) is 13.9. The van der Waals surface area contributed by atoms with Crippen LogP contribution in [0.5, 0.6) is 0 Å². The van der Waals surface area contributed by atoms with Gasteiger partial charge in [-0.1, -0.05) is 6.08 Å². The summed E-state index contributed by atoms with van der Waals surface area (Å²) in [5.74, 6) is -0.814. The van der Waals surface area contributed by atoms with Gasteiger partial charge in [-0.3, -0.25) is 4.79 Å². The van der Waals surface area contributed by atoms with Crippen molar-refractivity contribution in [3.05, 3.63) is 12.7 Å². The van der Waals surface area contributed by atoms with Crippen molar-refractivity contribution in [3.63, 3.8) is 0 Å². The summed E-state index contributed by atoms with van der Waals surface area (Å²) in [4.78, 5) is 27.5. The van der Waals surface area contributed by atoms with Gasteiger partial charge in [0.2, 0.25) is 0 Å². The quantitative estimate of drug-likeness (QED) is 0.794. The Labute approximate surface area is 113 Å². The molecule has 2 aliphatic rings. The molecule has 0 spiro atoms. The van der Waals surface area contributed by atoms with Crippen molar-refractivity contribution in [2.45, 2.75) is 32.1 Å². The van der Waals surface area contributed by atoms with Crippen molar-refractivity contribution in [2.75, 3.05) is 26.2 Å². The Hall–Kier alpha value is -1.52. The fourth-order valence-corrected chi connectivity index (χ4v) is 3.11. The first-order chi connectivity index (χ1) is 9.09. The second-order valence-corrected chi connectivity index (χ2v) is 5.58. The highest BCUT2D eigenvalue weighted by Gasteiger charge is 2.43. The Morgan fingerprint density at radius 3 is 2.37 bits per heavy atom. The van der Waals surface area contributed by atoms with Crippen LogP contribution in [0.2, 0.25) is 0 Å². The lowest BCUT2D eigenvalue weighted by molar-refractivity contribution is -0.151. The molecular weight excluding hydrogens is 244 g/mol. The summed E-state index contributed by atoms with van der Waals surface area (Å²) in [6.45, 7) is 6.23. The zero-order valence-electron chi connectivity index (χ0n) is 11.3. The molecule has 106 valence electrons. The molecule has 0 saturated carbocycles. The highest BCUT2D eigenvalue weighted by molar-refractivity contribution is 5.79. The van der Waals surface area contributed by atoms with E-state index in [1.54, 1.807) is 11.0 Å². The van der Waals surface area contributed by atoms with Crippen LogP contribution in [0.3, 0.4) is 0 Å². The standard InChI is InChI=1S/C14H22N2O3/c1-2-6-14(12(17)18)7-5-10-16(11-14)13(19)15-8-3-4-9-15/h2H,1,3-11H2,(H,17,18)/t14-/m1/s1. The molecule has 2 fully saturated rings. The van der Waals surface area contributed by atoms with Crippen LogP contribution in [-0.4, -0.2) is 53.1 Å². The molecule has 0 aromatic heterocycles. The third-order valence-corrected chi connectivity index (χ3v) is 4.21. The van der Waals surface area contributed by atoms with E-state index in [0.29, 0.717) is 25.9 Å². The van der Waals surface area contributed by atoms with Crippen LogP contribution < -0.4 is 0 Å². The van der Waals surface area contributed by atoms with Gasteiger partial charge in [0.25, 0.3) is 0 Å². The van der Waals surface area contributed by atoms with Gasteiger partial charge in [0.15, 0.2) is 0 Å². The fourth-order valence-electron chi connectivity index (χ4n) is 3.11. The van der Waals surface area contributed by atoms with E-state index in [9.17, 15) is 14.7 Å². The number of carbonyl (C=O) groups excluding carboxylic acids is 1. The van der Waals surface area contributed by atoms with E-state index in [1.165, 1.54) is 0 Å². The SMILES string of the molecule is C=CC[C@@]1(C(=O)O)CCCN(C(=O)N2CCCC2)C1. The van der Waals surface area contributed by atoms with Crippen molar-refractivity contribution >= 4 is 12.0 Å². The number of rotatable bonds is 3. The predicted molar refractivity (Wildman–Crippen MR) is 71.9 cm³/mol. The summed E-state index contributed by atoms with van der Waals surface area (Å²) in [6.07, 6.45) is 5.55. The number of carboxylic acid groups (broad SMARTS) is 1. The van der Waals surface area contributed by atoms with Gasteiger partial charge < -0.3 is 14.9 Å². The third kappa shape index (κ3) is 2.74. The summed E-state index contributed by atoms with van der Waals surface area (Å²) in [5.41, 5.74) is -0.838. The molecule has 5 heteroatoms. The van der Waals surface area contributed by atoms with Gasteiger partial charge in [-0.2, -0.15) is 0 Å². The summed E-state index contributed by atoms with van der Waals surface area (Å²) in [7, 11) is 0. The maximum atomic E-state index is 12.3. The Kier molecular flexibility index (Phi) is 4.12. The number of urea groups is 1. The lowest BCUT2D eigenvalue weighted by atomic mass is 9.77. The van der Waals surface area contributed by atoms with E-state index in [4.69, 9.17) is 0 Å². The van der Waals surface area contributed by atoms with Gasteiger partial charge in [-0.25, -0.2) is 4.79 Å². The number of carboxylic acids is 1. The van der Waals surface area contributed by atoms with E-state index in [-0.39, 0.29) is 6.03 Å². The average Bonchev–Trinajstić information content (AvgIpc) is 2.92. The third-order valence-electron chi connectivity index (χ3n) is 4.21. The van der Waals surface area contributed by atoms with E-state index in [1.807, 2.05) is 4.90 Å². The molecule has 0 radical (unpaired) electrons. The minimum absolute atomic E-state index is 0.00638. The van der Waals surface area contributed by atoms with Crippen molar-refractivity contribution in [1.82, 2.24) is 9.80 Å². The summed E-state index contributed by atoms with van der Waals surface area (Å²) < 4.78 is 0. The Balaban J connectivity index is 2.08. The van der Waals surface area contributed by atoms with Gasteiger partial charge in [0, 0.05) is 26.2 Å². The largest absolute Gasteiger partial charge is 0.481 e. The van der Waals surface area contributed by atoms with Gasteiger partial charge >= 0.3 is 12.0 Å². The number of carbonyl (C=O) groups is 2. The molecule has 1 atom stereocenters. The molecule has 0 aromatic carbocycles. The first-order valence-corrected chi connectivity index (χ1v) is 6.97. The van der Waals surface area contributed by atoms with E-state index >= 15 is 0 Å². The zero-order valence-corrected chi connectivity index (χ0v) is 11.3. The topological polar surface area (TPSA) is 60.9 Å². The molecule has 2 saturated heterocycles. The average molecular weight is 266 g/mol. The minimum Gasteiger partial charge on any atom is -0.481 e. The zero-order chi connectivity index (χ0) is 13.9. The molecule has 0 unspecified atom stereocenters. The lowest BCUT2D eigenvalue weighted by Gasteiger charge is -2.40. The summed E-state index contributed by atoms with van der Waals surface area (Å²) >= 11 is 0. The molecular formula is C14H22N2O3. The number of hydrogen-bond acceptors (Lipinski definition) is 2. The molecule has 0 aliphatic carbocycles. The van der Waals surface area contributed by atoms with Crippen molar-refractivity contribution < 1.29 is 14.7 Å². The van der Waals surface area contributed by atoms with Crippen LogP contribution in [0, 0.1) is 5.41 Å². The smallest absolute Gasteiger partial charge is 0.320 e. The van der Waals surface area contributed by atoms with Crippen LogP contribution in [0.15, 0.2) is 12.7 Å². The van der Waals surface area contributed by atoms with Crippen LogP contribution >= 0.6 is 0 Å². The van der Waals surface area contributed by atoms with Gasteiger partial charge in [-0.05, 0) is 32.1 Å². The normalized spacial score (nSPS) is 27.4. The van der Waals surface area contributed by atoms with E-state index in [2.05, 4.69) is 6.58 Å². The van der Waals surface area contributed by atoms with Crippen LogP contribution in [0.1, 0.15) is 32.1 Å². The number of hydrogen-bond donors (Lipinski definition) is 1.